The van der Waals surface area contributed by atoms with Crippen LogP contribution in [0.5, 0.6) is 0 Å². The molecular weight excluding hydrogens is 372 g/mol. The highest BCUT2D eigenvalue weighted by Gasteiger charge is 2.17. The summed E-state index contributed by atoms with van der Waals surface area (Å²) in [4.78, 5) is 22.9. The molecule has 0 spiro atoms. The third-order valence-electron chi connectivity index (χ3n) is 3.84. The van der Waals surface area contributed by atoms with Crippen molar-refractivity contribution in [3.05, 3.63) is 73.8 Å². The Bertz CT molecular complexity index is 1130. The monoisotopic (exact) mass is 384 g/mol. The van der Waals surface area contributed by atoms with Crippen LogP contribution in [-0.4, -0.2) is 9.97 Å². The molecule has 1 aromatic carbocycles. The average molecular weight is 385 g/mol. The third-order valence-corrected chi connectivity index (χ3v) is 5.95. The highest BCUT2D eigenvalue weighted by Crippen LogP contribution is 2.36. The predicted molar refractivity (Wildman–Crippen MR) is 108 cm³/mol. The van der Waals surface area contributed by atoms with Gasteiger partial charge in [-0.05, 0) is 30.0 Å². The van der Waals surface area contributed by atoms with Gasteiger partial charge >= 0.3 is 0 Å². The molecule has 3 aromatic heterocycles. The number of halogens is 1. The van der Waals surface area contributed by atoms with Crippen LogP contribution < -0.4 is 5.56 Å². The van der Waals surface area contributed by atoms with Crippen LogP contribution in [0, 0.1) is 6.92 Å². The maximum Gasteiger partial charge on any atom is 0.260 e. The first-order chi connectivity index (χ1) is 12.1. The molecule has 0 fully saturated rings. The van der Waals surface area contributed by atoms with E-state index in [2.05, 4.69) is 9.97 Å². The van der Waals surface area contributed by atoms with E-state index in [9.17, 15) is 4.79 Å². The van der Waals surface area contributed by atoms with Gasteiger partial charge in [0.25, 0.3) is 5.56 Å². The number of aryl methyl sites for hydroxylation is 1. The molecule has 124 valence electrons. The molecule has 0 atom stereocenters. The Morgan fingerprint density at radius 3 is 2.72 bits per heavy atom. The summed E-state index contributed by atoms with van der Waals surface area (Å²) >= 11 is 9.47. The molecule has 25 heavy (non-hydrogen) atoms. The minimum atomic E-state index is -0.166. The SMILES string of the molecule is Cc1sc2nc(/C(Cl)=C/c3cccs3)[nH]c(=O)c2c1-c1ccccc1. The van der Waals surface area contributed by atoms with Crippen molar-refractivity contribution < 1.29 is 0 Å². The second-order valence-electron chi connectivity index (χ2n) is 5.50. The van der Waals surface area contributed by atoms with Crippen LogP contribution in [0.2, 0.25) is 0 Å². The van der Waals surface area contributed by atoms with Crippen LogP contribution in [0.15, 0.2) is 52.6 Å². The summed E-state index contributed by atoms with van der Waals surface area (Å²) in [5.41, 5.74) is 1.80. The highest BCUT2D eigenvalue weighted by molar-refractivity contribution is 7.19. The summed E-state index contributed by atoms with van der Waals surface area (Å²) in [5.74, 6) is 0.397. The van der Waals surface area contributed by atoms with E-state index in [4.69, 9.17) is 11.6 Å². The van der Waals surface area contributed by atoms with Gasteiger partial charge in [-0.3, -0.25) is 4.79 Å². The fraction of sp³-hybridized carbons (Fsp3) is 0.0526. The quantitative estimate of drug-likeness (QED) is 0.488. The first-order valence-electron chi connectivity index (χ1n) is 7.63. The van der Waals surface area contributed by atoms with Crippen molar-refractivity contribution >= 4 is 55.6 Å². The highest BCUT2D eigenvalue weighted by atomic mass is 35.5. The maximum absolute atomic E-state index is 12.7. The second kappa shape index (κ2) is 6.59. The molecule has 0 amide bonds. The number of hydrogen-bond acceptors (Lipinski definition) is 4. The van der Waals surface area contributed by atoms with Gasteiger partial charge in [-0.15, -0.1) is 22.7 Å². The van der Waals surface area contributed by atoms with E-state index in [0.717, 1.165) is 20.9 Å². The zero-order chi connectivity index (χ0) is 17.4. The molecule has 4 rings (SSSR count). The first-order valence-corrected chi connectivity index (χ1v) is 9.71. The summed E-state index contributed by atoms with van der Waals surface area (Å²) in [7, 11) is 0. The molecule has 0 unspecified atom stereocenters. The van der Waals surface area contributed by atoms with E-state index in [1.807, 2.05) is 60.8 Å². The van der Waals surface area contributed by atoms with Crippen molar-refractivity contribution in [2.24, 2.45) is 0 Å². The number of hydrogen-bond donors (Lipinski definition) is 1. The van der Waals surface area contributed by atoms with E-state index < -0.39 is 0 Å². The van der Waals surface area contributed by atoms with Gasteiger partial charge in [0.1, 0.15) is 4.83 Å². The summed E-state index contributed by atoms with van der Waals surface area (Å²) < 4.78 is 0. The van der Waals surface area contributed by atoms with Crippen molar-refractivity contribution in [3.63, 3.8) is 0 Å². The van der Waals surface area contributed by atoms with E-state index in [-0.39, 0.29) is 5.56 Å². The Balaban J connectivity index is 1.89. The Morgan fingerprint density at radius 2 is 2.00 bits per heavy atom. The normalized spacial score (nSPS) is 12.0. The van der Waals surface area contributed by atoms with Crippen molar-refractivity contribution in [3.8, 4) is 11.1 Å². The van der Waals surface area contributed by atoms with Gasteiger partial charge in [-0.2, -0.15) is 0 Å². The molecule has 0 bridgehead atoms. The van der Waals surface area contributed by atoms with Gasteiger partial charge in [0.05, 0.1) is 10.4 Å². The molecule has 0 saturated carbocycles. The number of thiophene rings is 2. The summed E-state index contributed by atoms with van der Waals surface area (Å²) in [6.07, 6.45) is 1.81. The van der Waals surface area contributed by atoms with Crippen LogP contribution in [0.25, 0.3) is 32.5 Å². The molecule has 0 aliphatic rings. The number of aromatic nitrogens is 2. The summed E-state index contributed by atoms with van der Waals surface area (Å²) in [6.45, 7) is 2.01. The molecule has 3 heterocycles. The van der Waals surface area contributed by atoms with Crippen LogP contribution in [-0.2, 0) is 0 Å². The van der Waals surface area contributed by atoms with E-state index in [0.29, 0.717) is 21.1 Å². The number of aromatic amines is 1. The minimum Gasteiger partial charge on any atom is -0.305 e. The summed E-state index contributed by atoms with van der Waals surface area (Å²) in [5, 5.41) is 3.02. The minimum absolute atomic E-state index is 0.166. The van der Waals surface area contributed by atoms with E-state index in [1.165, 1.54) is 11.3 Å². The largest absolute Gasteiger partial charge is 0.305 e. The number of benzene rings is 1. The second-order valence-corrected chi connectivity index (χ2v) is 8.09. The lowest BCUT2D eigenvalue weighted by atomic mass is 10.0. The number of H-pyrrole nitrogens is 1. The fourth-order valence-corrected chi connectivity index (χ4v) is 4.73. The Hall–Kier alpha value is -2.21. The number of nitrogens with zero attached hydrogens (tertiary/aromatic N) is 1. The fourth-order valence-electron chi connectivity index (χ4n) is 2.75. The van der Waals surface area contributed by atoms with Crippen molar-refractivity contribution in [2.45, 2.75) is 6.92 Å². The molecule has 3 nitrogen and oxygen atoms in total. The summed E-state index contributed by atoms with van der Waals surface area (Å²) in [6, 6.07) is 13.8. The molecule has 6 heteroatoms. The van der Waals surface area contributed by atoms with Crippen molar-refractivity contribution in [1.29, 1.82) is 0 Å². The Morgan fingerprint density at radius 1 is 1.20 bits per heavy atom. The molecule has 0 aliphatic heterocycles. The van der Waals surface area contributed by atoms with E-state index >= 15 is 0 Å². The van der Waals surface area contributed by atoms with Gasteiger partial charge < -0.3 is 4.98 Å². The number of fused-ring (bicyclic) bond motifs is 1. The van der Waals surface area contributed by atoms with Gasteiger partial charge in [0.15, 0.2) is 5.82 Å². The lowest BCUT2D eigenvalue weighted by molar-refractivity contribution is 1.14. The molecule has 4 aromatic rings. The molecule has 0 radical (unpaired) electrons. The molecule has 0 aliphatic carbocycles. The van der Waals surface area contributed by atoms with E-state index in [1.54, 1.807) is 11.3 Å². The third kappa shape index (κ3) is 3.06. The maximum atomic E-state index is 12.7. The lowest BCUT2D eigenvalue weighted by Gasteiger charge is -2.02. The van der Waals surface area contributed by atoms with Crippen molar-refractivity contribution in [2.75, 3.05) is 0 Å². The average Bonchev–Trinajstić information content (AvgIpc) is 3.22. The van der Waals surface area contributed by atoms with Crippen LogP contribution in [0.1, 0.15) is 15.6 Å². The number of nitrogens with one attached hydrogen (secondary N) is 1. The predicted octanol–water partition coefficient (Wildman–Crippen LogP) is 5.76. The standard InChI is InChI=1S/C19H13ClN2OS2/c1-11-15(12-6-3-2-4-7-12)16-18(23)21-17(22-19(16)25-11)14(20)10-13-8-5-9-24-13/h2-10H,1H3,(H,21,22,23)/b14-10-. The molecule has 0 saturated heterocycles. The first kappa shape index (κ1) is 16.3. The van der Waals surface area contributed by atoms with Crippen LogP contribution in [0.4, 0.5) is 0 Å². The Labute approximate surface area is 157 Å². The molecule has 1 N–H and O–H groups in total. The van der Waals surface area contributed by atoms with Gasteiger partial charge in [-0.25, -0.2) is 4.98 Å². The van der Waals surface area contributed by atoms with Crippen molar-refractivity contribution in [1.82, 2.24) is 9.97 Å². The zero-order valence-corrected chi connectivity index (χ0v) is 15.6. The zero-order valence-electron chi connectivity index (χ0n) is 13.2. The number of rotatable bonds is 3. The van der Waals surface area contributed by atoms with Gasteiger partial charge in [-0.1, -0.05) is 48.0 Å². The van der Waals surface area contributed by atoms with Crippen LogP contribution in [0.3, 0.4) is 0 Å². The van der Waals surface area contributed by atoms with Crippen LogP contribution >= 0.6 is 34.3 Å². The molecular formula is C19H13ClN2OS2. The lowest BCUT2D eigenvalue weighted by Crippen LogP contribution is -2.10. The topological polar surface area (TPSA) is 45.8 Å². The van der Waals surface area contributed by atoms with Gasteiger partial charge in [0.2, 0.25) is 0 Å². The smallest absolute Gasteiger partial charge is 0.260 e. The Kier molecular flexibility index (Phi) is 4.29. The van der Waals surface area contributed by atoms with Gasteiger partial charge in [0, 0.05) is 15.3 Å².